The zero-order valence-electron chi connectivity index (χ0n) is 31.0. The van der Waals surface area contributed by atoms with E-state index in [4.69, 9.17) is 0 Å². The Kier molecular flexibility index (Phi) is 8.92. The molecule has 6 nitrogen and oxygen atoms in total. The van der Waals surface area contributed by atoms with Crippen molar-refractivity contribution in [3.8, 4) is 0 Å². The molecule has 0 unspecified atom stereocenters. The molecule has 0 aromatic heterocycles. The van der Waals surface area contributed by atoms with Gasteiger partial charge >= 0.3 is 12.0 Å². The molecule has 5 fully saturated rings. The summed E-state index contributed by atoms with van der Waals surface area (Å²) in [7, 11) is 4.11. The predicted octanol–water partition coefficient (Wildman–Crippen LogP) is 8.82. The molecule has 1 aromatic rings. The number of carboxylic acid groups (broad SMARTS) is 1. The molecule has 0 saturated heterocycles. The summed E-state index contributed by atoms with van der Waals surface area (Å²) < 4.78 is 0. The quantitative estimate of drug-likeness (QED) is 0.276. The third-order valence-electron chi connectivity index (χ3n) is 16.1. The minimum Gasteiger partial charge on any atom is -0.478 e. The van der Waals surface area contributed by atoms with Crippen LogP contribution in [0, 0.1) is 57.2 Å². The van der Waals surface area contributed by atoms with Gasteiger partial charge in [-0.25, -0.2) is 9.59 Å². The first-order valence-corrected chi connectivity index (χ1v) is 19.0. The summed E-state index contributed by atoms with van der Waals surface area (Å²) >= 11 is 0. The van der Waals surface area contributed by atoms with Crippen molar-refractivity contribution >= 4 is 12.0 Å². The molecule has 0 bridgehead atoms. The van der Waals surface area contributed by atoms with Gasteiger partial charge < -0.3 is 20.6 Å². The summed E-state index contributed by atoms with van der Waals surface area (Å²) in [5, 5.41) is 16.4. The van der Waals surface area contributed by atoms with Crippen LogP contribution in [0.25, 0.3) is 0 Å². The van der Waals surface area contributed by atoms with Gasteiger partial charge in [-0.1, -0.05) is 60.6 Å². The van der Waals surface area contributed by atoms with Gasteiger partial charge in [-0.2, -0.15) is 0 Å². The average Bonchev–Trinajstić information content (AvgIpc) is 3.36. The van der Waals surface area contributed by atoms with E-state index in [9.17, 15) is 14.7 Å². The molecule has 5 aliphatic rings. The van der Waals surface area contributed by atoms with E-state index >= 15 is 0 Å². The lowest BCUT2D eigenvalue weighted by molar-refractivity contribution is -0.234. The normalized spacial score (nSPS) is 42.2. The molecular weight excluding hydrogens is 582 g/mol. The number of carbonyl (C=O) groups excluding carboxylic acids is 1. The Morgan fingerprint density at radius 1 is 0.851 bits per heavy atom. The van der Waals surface area contributed by atoms with Gasteiger partial charge in [0.15, 0.2) is 0 Å². The average molecular weight is 648 g/mol. The Morgan fingerprint density at radius 3 is 2.19 bits per heavy atom. The maximum absolute atomic E-state index is 13.4. The van der Waals surface area contributed by atoms with Crippen molar-refractivity contribution < 1.29 is 14.7 Å². The van der Waals surface area contributed by atoms with Crippen molar-refractivity contribution in [3.05, 3.63) is 35.4 Å². The van der Waals surface area contributed by atoms with E-state index in [1.165, 1.54) is 56.9 Å². The maximum Gasteiger partial charge on any atom is 0.335 e. The topological polar surface area (TPSA) is 81.7 Å². The summed E-state index contributed by atoms with van der Waals surface area (Å²) in [6.07, 6.45) is 12.3. The van der Waals surface area contributed by atoms with Gasteiger partial charge in [-0.15, -0.1) is 0 Å². The number of aromatic carboxylic acids is 1. The Balaban J connectivity index is 1.27. The van der Waals surface area contributed by atoms with Crippen LogP contribution in [0.4, 0.5) is 4.79 Å². The number of likely N-dealkylation sites (N-methyl/N-ethyl adjacent to an activating group) is 1. The molecule has 0 aliphatic heterocycles. The van der Waals surface area contributed by atoms with Crippen LogP contribution in [0.15, 0.2) is 24.3 Å². The van der Waals surface area contributed by atoms with Gasteiger partial charge in [0.2, 0.25) is 0 Å². The molecule has 0 heterocycles. The number of hydrogen-bond acceptors (Lipinski definition) is 3. The molecule has 47 heavy (non-hydrogen) atoms. The first-order chi connectivity index (χ1) is 22.0. The van der Waals surface area contributed by atoms with Gasteiger partial charge in [0, 0.05) is 18.6 Å². The summed E-state index contributed by atoms with van der Waals surface area (Å²) in [5.41, 5.74) is 2.62. The third kappa shape index (κ3) is 5.37. The van der Waals surface area contributed by atoms with Gasteiger partial charge in [0.05, 0.1) is 5.56 Å². The van der Waals surface area contributed by atoms with E-state index in [0.29, 0.717) is 58.9 Å². The SMILES string of the molecule is CC(C)[C@@H]1CC[C@]2(NC(=O)NCCN(C)C)CC[C@]3(C)[C@H](CC[C@@H]4[C@@]5(C)CC[C@@H](c6ccc(C(=O)O)cc6)C(C)(C)[C@@H]5CC[C@]43C)[C@@H]12. The minimum absolute atomic E-state index is 0.0365. The Labute approximate surface area is 285 Å². The van der Waals surface area contributed by atoms with E-state index < -0.39 is 5.97 Å². The standard InChI is InChI=1S/C41H65N3O3/c1-26(2)29-16-21-41(43-36(47)42-24-25-44(8)9)23-22-39(6)31(34(29)41)14-15-33-38(5)19-17-30(27-10-12-28(13-11-27)35(45)46)37(3,4)32(38)18-20-40(33,39)7/h10-13,26,29-34H,14-25H2,1-9H3,(H,45,46)(H2,42,43,47)/t29-,30-,31+,32-,33+,34+,38-,39+,40+,41-/m0/s1. The van der Waals surface area contributed by atoms with E-state index in [-0.39, 0.29) is 27.8 Å². The largest absolute Gasteiger partial charge is 0.478 e. The van der Waals surface area contributed by atoms with Crippen LogP contribution in [-0.2, 0) is 0 Å². The zero-order chi connectivity index (χ0) is 34.2. The maximum atomic E-state index is 13.4. The van der Waals surface area contributed by atoms with Crippen LogP contribution in [-0.4, -0.2) is 54.7 Å². The molecular formula is C41H65N3O3. The van der Waals surface area contributed by atoms with Crippen molar-refractivity contribution in [2.45, 2.75) is 124 Å². The third-order valence-corrected chi connectivity index (χ3v) is 16.1. The monoisotopic (exact) mass is 648 g/mol. The number of hydrogen-bond donors (Lipinski definition) is 3. The van der Waals surface area contributed by atoms with Gasteiger partial charge in [-0.05, 0) is 159 Å². The highest BCUT2D eigenvalue weighted by atomic mass is 16.4. The Bertz CT molecular complexity index is 1340. The second kappa shape index (κ2) is 12.1. The molecule has 6 rings (SSSR count). The second-order valence-electron chi connectivity index (χ2n) is 18.8. The fourth-order valence-corrected chi connectivity index (χ4v) is 13.7. The molecule has 5 aliphatic carbocycles. The second-order valence-corrected chi connectivity index (χ2v) is 18.8. The molecule has 6 heteroatoms. The summed E-state index contributed by atoms with van der Waals surface area (Å²) in [6, 6.07) is 7.83. The molecule has 0 radical (unpaired) electrons. The van der Waals surface area contributed by atoms with Crippen LogP contribution in [0.1, 0.15) is 135 Å². The Hall–Kier alpha value is -2.08. The number of nitrogens with one attached hydrogen (secondary N) is 2. The number of fused-ring (bicyclic) bond motifs is 7. The predicted molar refractivity (Wildman–Crippen MR) is 191 cm³/mol. The fourth-order valence-electron chi connectivity index (χ4n) is 13.7. The van der Waals surface area contributed by atoms with Gasteiger partial charge in [-0.3, -0.25) is 0 Å². The van der Waals surface area contributed by atoms with Crippen molar-refractivity contribution in [3.63, 3.8) is 0 Å². The van der Waals surface area contributed by atoms with Crippen LogP contribution in [0.2, 0.25) is 0 Å². The number of urea groups is 1. The number of amides is 2. The van der Waals surface area contributed by atoms with Crippen molar-refractivity contribution in [2.24, 2.45) is 57.2 Å². The van der Waals surface area contributed by atoms with Crippen molar-refractivity contribution in [1.82, 2.24) is 15.5 Å². The van der Waals surface area contributed by atoms with Crippen LogP contribution < -0.4 is 10.6 Å². The summed E-state index contributed by atoms with van der Waals surface area (Å²) in [4.78, 5) is 27.1. The molecule has 3 N–H and O–H groups in total. The number of carboxylic acids is 1. The first kappa shape index (κ1) is 34.8. The van der Waals surface area contributed by atoms with E-state index in [1.54, 1.807) is 12.1 Å². The lowest BCUT2D eigenvalue weighted by Crippen LogP contribution is -2.69. The molecule has 0 spiro atoms. The molecule has 262 valence electrons. The summed E-state index contributed by atoms with van der Waals surface area (Å²) in [6.45, 7) is 19.5. The lowest BCUT2D eigenvalue weighted by atomic mass is 9.32. The van der Waals surface area contributed by atoms with Crippen molar-refractivity contribution in [1.29, 1.82) is 0 Å². The lowest BCUT2D eigenvalue weighted by Gasteiger charge is -2.73. The summed E-state index contributed by atoms with van der Waals surface area (Å²) in [5.74, 6) is 3.44. The smallest absolute Gasteiger partial charge is 0.335 e. The van der Waals surface area contributed by atoms with Crippen LogP contribution in [0.3, 0.4) is 0 Å². The molecule has 5 saturated carbocycles. The molecule has 2 amide bonds. The van der Waals surface area contributed by atoms with Crippen LogP contribution in [0.5, 0.6) is 0 Å². The van der Waals surface area contributed by atoms with E-state index in [0.717, 1.165) is 19.4 Å². The van der Waals surface area contributed by atoms with E-state index in [1.807, 2.05) is 0 Å². The highest BCUT2D eigenvalue weighted by Crippen LogP contribution is 2.77. The molecule has 10 atom stereocenters. The highest BCUT2D eigenvalue weighted by molar-refractivity contribution is 5.87. The van der Waals surface area contributed by atoms with Crippen LogP contribution >= 0.6 is 0 Å². The number of benzene rings is 1. The number of carbonyl (C=O) groups is 2. The van der Waals surface area contributed by atoms with Crippen molar-refractivity contribution in [2.75, 3.05) is 27.2 Å². The van der Waals surface area contributed by atoms with E-state index in [2.05, 4.69) is 90.2 Å². The highest BCUT2D eigenvalue weighted by Gasteiger charge is 2.71. The first-order valence-electron chi connectivity index (χ1n) is 19.0. The number of nitrogens with zero attached hydrogens (tertiary/aromatic N) is 1. The zero-order valence-corrected chi connectivity index (χ0v) is 31.0. The molecule has 1 aromatic carbocycles. The number of rotatable bonds is 7. The Morgan fingerprint density at radius 2 is 1.55 bits per heavy atom. The minimum atomic E-state index is -0.848. The fraction of sp³-hybridized carbons (Fsp3) is 0.805. The van der Waals surface area contributed by atoms with Gasteiger partial charge in [0.25, 0.3) is 0 Å². The van der Waals surface area contributed by atoms with Gasteiger partial charge in [0.1, 0.15) is 0 Å².